The summed E-state index contributed by atoms with van der Waals surface area (Å²) in [5.74, 6) is 0.959. The summed E-state index contributed by atoms with van der Waals surface area (Å²) >= 11 is 11.8. The third-order valence-corrected chi connectivity index (χ3v) is 4.26. The molecular weight excluding hydrogens is 259 g/mol. The van der Waals surface area contributed by atoms with Gasteiger partial charge in [0.2, 0.25) is 0 Å². The first-order chi connectivity index (χ1) is 8.08. The molecule has 1 aromatic carbocycles. The van der Waals surface area contributed by atoms with Gasteiger partial charge in [0.25, 0.3) is 5.91 Å². The summed E-state index contributed by atoms with van der Waals surface area (Å²) in [6.45, 7) is 1.51. The van der Waals surface area contributed by atoms with Crippen LogP contribution in [0.15, 0.2) is 18.2 Å². The molecule has 2 unspecified atom stereocenters. The molecule has 3 nitrogen and oxygen atoms in total. The number of carbonyl (C=O) groups is 1. The molecule has 2 aliphatic rings. The fourth-order valence-electron chi connectivity index (χ4n) is 2.57. The molecule has 0 spiro atoms. The van der Waals surface area contributed by atoms with Crippen molar-refractivity contribution in [2.24, 2.45) is 17.6 Å². The van der Waals surface area contributed by atoms with Crippen molar-refractivity contribution in [1.82, 2.24) is 4.90 Å². The van der Waals surface area contributed by atoms with E-state index in [4.69, 9.17) is 28.9 Å². The number of hydrogen-bond donors (Lipinski definition) is 1. The van der Waals surface area contributed by atoms with Crippen molar-refractivity contribution in [3.63, 3.8) is 0 Å². The molecule has 90 valence electrons. The molecule has 5 heteroatoms. The second-order valence-electron chi connectivity index (χ2n) is 4.74. The summed E-state index contributed by atoms with van der Waals surface area (Å²) in [4.78, 5) is 14.0. The lowest BCUT2D eigenvalue weighted by Gasteiger charge is -2.19. The van der Waals surface area contributed by atoms with Crippen molar-refractivity contribution in [1.29, 1.82) is 0 Å². The summed E-state index contributed by atoms with van der Waals surface area (Å²) in [5.41, 5.74) is 6.36. The van der Waals surface area contributed by atoms with E-state index >= 15 is 0 Å². The third kappa shape index (κ3) is 1.82. The predicted octanol–water partition coefficient (Wildman–Crippen LogP) is 2.02. The van der Waals surface area contributed by atoms with E-state index in [1.54, 1.807) is 18.2 Å². The second kappa shape index (κ2) is 3.87. The van der Waals surface area contributed by atoms with Crippen LogP contribution in [0.25, 0.3) is 0 Å². The van der Waals surface area contributed by atoms with Gasteiger partial charge in [-0.05, 0) is 30.0 Å². The smallest absolute Gasteiger partial charge is 0.255 e. The molecule has 1 saturated carbocycles. The topological polar surface area (TPSA) is 46.3 Å². The largest absolute Gasteiger partial charge is 0.338 e. The molecule has 2 N–H and O–H groups in total. The van der Waals surface area contributed by atoms with Crippen LogP contribution < -0.4 is 5.73 Å². The predicted molar refractivity (Wildman–Crippen MR) is 67.3 cm³/mol. The van der Waals surface area contributed by atoms with Gasteiger partial charge >= 0.3 is 0 Å². The van der Waals surface area contributed by atoms with Crippen molar-refractivity contribution in [3.05, 3.63) is 33.8 Å². The standard InChI is InChI=1S/C12H12Cl2N2O/c13-6-1-2-7(10(14)3-6)12(17)16-4-8-9(5-16)11(8)15/h1-3,8-9,11H,4-5,15H2. The highest BCUT2D eigenvalue weighted by atomic mass is 35.5. The molecule has 0 bridgehead atoms. The van der Waals surface area contributed by atoms with Gasteiger partial charge in [-0.25, -0.2) is 0 Å². The minimum absolute atomic E-state index is 0.0222. The molecule has 1 aliphatic heterocycles. The van der Waals surface area contributed by atoms with E-state index < -0.39 is 0 Å². The van der Waals surface area contributed by atoms with Crippen LogP contribution in [0.2, 0.25) is 10.0 Å². The number of halogens is 2. The summed E-state index contributed by atoms with van der Waals surface area (Å²) < 4.78 is 0. The van der Waals surface area contributed by atoms with Gasteiger partial charge in [-0.1, -0.05) is 23.2 Å². The molecule has 2 fully saturated rings. The normalized spacial score (nSPS) is 30.3. The molecule has 0 aromatic heterocycles. The van der Waals surface area contributed by atoms with Gasteiger partial charge in [0, 0.05) is 24.2 Å². The Morgan fingerprint density at radius 3 is 2.53 bits per heavy atom. The quantitative estimate of drug-likeness (QED) is 0.849. The fraction of sp³-hybridized carbons (Fsp3) is 0.417. The molecule has 1 aromatic rings. The Morgan fingerprint density at radius 2 is 1.94 bits per heavy atom. The van der Waals surface area contributed by atoms with Gasteiger partial charge in [0.05, 0.1) is 10.6 Å². The Morgan fingerprint density at radius 1 is 1.29 bits per heavy atom. The first kappa shape index (κ1) is 11.3. The van der Waals surface area contributed by atoms with E-state index in [9.17, 15) is 4.79 Å². The molecule has 0 radical (unpaired) electrons. The van der Waals surface area contributed by atoms with E-state index in [2.05, 4.69) is 0 Å². The SMILES string of the molecule is NC1C2CN(C(=O)c3ccc(Cl)cc3Cl)CC12. The maximum absolute atomic E-state index is 12.2. The second-order valence-corrected chi connectivity index (χ2v) is 5.58. The fourth-order valence-corrected chi connectivity index (χ4v) is 3.06. The molecule has 17 heavy (non-hydrogen) atoms. The lowest BCUT2D eigenvalue weighted by molar-refractivity contribution is 0.0773. The number of nitrogens with zero attached hydrogens (tertiary/aromatic N) is 1. The highest BCUT2D eigenvalue weighted by Gasteiger charge is 2.54. The van der Waals surface area contributed by atoms with Crippen LogP contribution in [0, 0.1) is 11.8 Å². The van der Waals surface area contributed by atoms with Crippen LogP contribution in [0.3, 0.4) is 0 Å². The lowest BCUT2D eigenvalue weighted by Crippen LogP contribution is -2.34. The number of carbonyl (C=O) groups excluding carboxylic acids is 1. The van der Waals surface area contributed by atoms with Crippen LogP contribution in [-0.2, 0) is 0 Å². The Balaban J connectivity index is 1.78. The molecule has 2 atom stereocenters. The molecule has 1 saturated heterocycles. The molecule has 1 heterocycles. The maximum Gasteiger partial charge on any atom is 0.255 e. The van der Waals surface area contributed by atoms with Gasteiger partial charge in [-0.3, -0.25) is 4.79 Å². The minimum atomic E-state index is -0.0222. The van der Waals surface area contributed by atoms with Gasteiger partial charge < -0.3 is 10.6 Å². The number of amides is 1. The zero-order valence-corrected chi connectivity index (χ0v) is 10.6. The monoisotopic (exact) mass is 270 g/mol. The molecule has 1 amide bonds. The Kier molecular flexibility index (Phi) is 2.58. The number of nitrogens with two attached hydrogens (primary N) is 1. The molecule has 1 aliphatic carbocycles. The van der Waals surface area contributed by atoms with E-state index in [0.29, 0.717) is 33.5 Å². The Bertz CT molecular complexity index is 479. The van der Waals surface area contributed by atoms with Crippen LogP contribution in [-0.4, -0.2) is 29.9 Å². The zero-order valence-electron chi connectivity index (χ0n) is 9.07. The van der Waals surface area contributed by atoms with E-state index in [-0.39, 0.29) is 5.91 Å². The lowest BCUT2D eigenvalue weighted by atomic mass is 10.2. The number of fused-ring (bicyclic) bond motifs is 1. The number of rotatable bonds is 1. The number of hydrogen-bond acceptors (Lipinski definition) is 2. The van der Waals surface area contributed by atoms with Gasteiger partial charge in [0.15, 0.2) is 0 Å². The summed E-state index contributed by atoms with van der Waals surface area (Å²) in [6.07, 6.45) is 0. The van der Waals surface area contributed by atoms with Gasteiger partial charge in [-0.15, -0.1) is 0 Å². The number of piperidine rings is 1. The summed E-state index contributed by atoms with van der Waals surface area (Å²) in [7, 11) is 0. The minimum Gasteiger partial charge on any atom is -0.338 e. The summed E-state index contributed by atoms with van der Waals surface area (Å²) in [5, 5.41) is 0.949. The first-order valence-electron chi connectivity index (χ1n) is 5.58. The van der Waals surface area contributed by atoms with E-state index in [1.807, 2.05) is 4.90 Å². The average molecular weight is 271 g/mol. The van der Waals surface area contributed by atoms with E-state index in [0.717, 1.165) is 13.1 Å². The number of benzene rings is 1. The van der Waals surface area contributed by atoms with Gasteiger partial charge in [0.1, 0.15) is 0 Å². The first-order valence-corrected chi connectivity index (χ1v) is 6.33. The molecular formula is C12H12Cl2N2O. The van der Waals surface area contributed by atoms with Crippen molar-refractivity contribution in [2.45, 2.75) is 6.04 Å². The summed E-state index contributed by atoms with van der Waals surface area (Å²) in [6, 6.07) is 5.25. The average Bonchev–Trinajstić information content (AvgIpc) is 2.75. The number of likely N-dealkylation sites (tertiary alicyclic amines) is 1. The van der Waals surface area contributed by atoms with Crippen molar-refractivity contribution < 1.29 is 4.79 Å². The van der Waals surface area contributed by atoms with E-state index in [1.165, 1.54) is 0 Å². The Hall–Kier alpha value is -0.770. The van der Waals surface area contributed by atoms with Crippen molar-refractivity contribution in [2.75, 3.05) is 13.1 Å². The maximum atomic E-state index is 12.2. The van der Waals surface area contributed by atoms with Crippen LogP contribution in [0.5, 0.6) is 0 Å². The van der Waals surface area contributed by atoms with Crippen LogP contribution in [0.1, 0.15) is 10.4 Å². The third-order valence-electron chi connectivity index (χ3n) is 3.71. The molecule has 3 rings (SSSR count). The van der Waals surface area contributed by atoms with Crippen molar-refractivity contribution in [3.8, 4) is 0 Å². The Labute approximate surface area is 109 Å². The highest BCUT2D eigenvalue weighted by molar-refractivity contribution is 6.36. The van der Waals surface area contributed by atoms with Crippen LogP contribution in [0.4, 0.5) is 0 Å². The van der Waals surface area contributed by atoms with Crippen molar-refractivity contribution >= 4 is 29.1 Å². The van der Waals surface area contributed by atoms with Crippen LogP contribution >= 0.6 is 23.2 Å². The zero-order chi connectivity index (χ0) is 12.2. The highest BCUT2D eigenvalue weighted by Crippen LogP contribution is 2.44. The van der Waals surface area contributed by atoms with Gasteiger partial charge in [-0.2, -0.15) is 0 Å².